The lowest BCUT2D eigenvalue weighted by molar-refractivity contribution is 0.102. The highest BCUT2D eigenvalue weighted by Crippen LogP contribution is 2.21. The van der Waals surface area contributed by atoms with Crippen molar-refractivity contribution in [2.45, 2.75) is 25.2 Å². The topological polar surface area (TPSA) is 72.5 Å². The van der Waals surface area contributed by atoms with Crippen molar-refractivity contribution in [3.05, 3.63) is 54.1 Å². The Labute approximate surface area is 142 Å². The molecule has 1 amide bonds. The fourth-order valence-corrected chi connectivity index (χ4v) is 3.84. The number of hydrogen-bond acceptors (Lipinski definition) is 4. The molecule has 2 rings (SSSR count). The Bertz CT molecular complexity index is 798. The summed E-state index contributed by atoms with van der Waals surface area (Å²) in [6.07, 6.45) is 0.497. The molecule has 0 saturated carbocycles. The van der Waals surface area contributed by atoms with Gasteiger partial charge in [-0.15, -0.1) is 0 Å². The largest absolute Gasteiger partial charge is 0.494 e. The number of benzene rings is 2. The van der Waals surface area contributed by atoms with E-state index in [0.29, 0.717) is 24.5 Å². The number of ether oxygens (including phenoxy) is 1. The maximum Gasteiger partial charge on any atom is 0.256 e. The molecule has 0 atom stereocenters. The summed E-state index contributed by atoms with van der Waals surface area (Å²) in [5, 5.41) is 2.72. The summed E-state index contributed by atoms with van der Waals surface area (Å²) in [6, 6.07) is 13.2. The molecular formula is C18H21NO4S. The van der Waals surface area contributed by atoms with Gasteiger partial charge in [0.15, 0.2) is 9.84 Å². The normalized spacial score (nSPS) is 11.1. The van der Waals surface area contributed by atoms with Crippen molar-refractivity contribution >= 4 is 21.4 Å². The molecule has 0 spiro atoms. The van der Waals surface area contributed by atoms with Gasteiger partial charge in [-0.1, -0.05) is 19.1 Å². The smallest absolute Gasteiger partial charge is 0.256 e. The Hall–Kier alpha value is -2.34. The van der Waals surface area contributed by atoms with Crippen molar-refractivity contribution < 1.29 is 17.9 Å². The second kappa shape index (κ2) is 7.97. The van der Waals surface area contributed by atoms with E-state index in [4.69, 9.17) is 4.74 Å². The Kier molecular flexibility index (Phi) is 5.98. The third kappa shape index (κ3) is 4.35. The molecule has 128 valence electrons. The summed E-state index contributed by atoms with van der Waals surface area (Å²) in [5.74, 6) is 0.274. The standard InChI is InChI=1S/C18H21NO4S/c1-3-13-24(21,22)17-8-6-5-7-16(17)18(20)19-14-9-11-15(12-10-14)23-4-2/h5-12H,3-4,13H2,1-2H3,(H,19,20). The molecular weight excluding hydrogens is 326 g/mol. The molecule has 0 bridgehead atoms. The van der Waals surface area contributed by atoms with E-state index in [2.05, 4.69) is 5.32 Å². The van der Waals surface area contributed by atoms with Crippen LogP contribution in [0.1, 0.15) is 30.6 Å². The average Bonchev–Trinajstić information content (AvgIpc) is 2.57. The van der Waals surface area contributed by atoms with Crippen LogP contribution >= 0.6 is 0 Å². The quantitative estimate of drug-likeness (QED) is 0.832. The zero-order valence-corrected chi connectivity index (χ0v) is 14.6. The van der Waals surface area contributed by atoms with Gasteiger partial charge in [0.2, 0.25) is 0 Å². The Morgan fingerprint density at radius 2 is 1.71 bits per heavy atom. The van der Waals surface area contributed by atoms with E-state index in [1.54, 1.807) is 43.3 Å². The minimum absolute atomic E-state index is 0.0142. The van der Waals surface area contributed by atoms with Crippen LogP contribution < -0.4 is 10.1 Å². The summed E-state index contributed by atoms with van der Waals surface area (Å²) < 4.78 is 30.0. The van der Waals surface area contributed by atoms with E-state index in [9.17, 15) is 13.2 Å². The number of nitrogens with one attached hydrogen (secondary N) is 1. The summed E-state index contributed by atoms with van der Waals surface area (Å²) in [7, 11) is -3.47. The predicted molar refractivity (Wildman–Crippen MR) is 94.4 cm³/mol. The lowest BCUT2D eigenvalue weighted by Gasteiger charge is -2.11. The number of anilines is 1. The third-order valence-electron chi connectivity index (χ3n) is 3.36. The van der Waals surface area contributed by atoms with Crippen LogP contribution in [0.15, 0.2) is 53.4 Å². The van der Waals surface area contributed by atoms with E-state index in [0.717, 1.165) is 0 Å². The first-order chi connectivity index (χ1) is 11.5. The molecule has 1 N–H and O–H groups in total. The molecule has 0 aliphatic rings. The van der Waals surface area contributed by atoms with E-state index >= 15 is 0 Å². The van der Waals surface area contributed by atoms with Gasteiger partial charge >= 0.3 is 0 Å². The van der Waals surface area contributed by atoms with E-state index < -0.39 is 15.7 Å². The van der Waals surface area contributed by atoms with Crippen LogP contribution in [0.2, 0.25) is 0 Å². The maximum atomic E-state index is 12.5. The predicted octanol–water partition coefficient (Wildman–Crippen LogP) is 3.52. The Morgan fingerprint density at radius 1 is 1.04 bits per heavy atom. The molecule has 0 radical (unpaired) electrons. The van der Waals surface area contributed by atoms with Crippen molar-refractivity contribution in [1.29, 1.82) is 0 Å². The fourth-order valence-electron chi connectivity index (χ4n) is 2.30. The molecule has 24 heavy (non-hydrogen) atoms. The monoisotopic (exact) mass is 347 g/mol. The van der Waals surface area contributed by atoms with Gasteiger partial charge < -0.3 is 10.1 Å². The molecule has 0 saturated heterocycles. The van der Waals surface area contributed by atoms with Crippen LogP contribution in [0, 0.1) is 0 Å². The molecule has 0 fully saturated rings. The zero-order chi connectivity index (χ0) is 17.6. The second-order valence-electron chi connectivity index (χ2n) is 5.23. The van der Waals surface area contributed by atoms with Crippen molar-refractivity contribution in [2.75, 3.05) is 17.7 Å². The van der Waals surface area contributed by atoms with E-state index in [1.807, 2.05) is 6.92 Å². The molecule has 0 heterocycles. The van der Waals surface area contributed by atoms with Gasteiger partial charge in [-0.2, -0.15) is 0 Å². The first-order valence-electron chi connectivity index (χ1n) is 7.84. The Balaban J connectivity index is 2.24. The highest BCUT2D eigenvalue weighted by Gasteiger charge is 2.21. The van der Waals surface area contributed by atoms with Gasteiger partial charge in [-0.3, -0.25) is 4.79 Å². The van der Waals surface area contributed by atoms with Crippen molar-refractivity contribution in [1.82, 2.24) is 0 Å². The molecule has 0 aliphatic carbocycles. The molecule has 5 nitrogen and oxygen atoms in total. The fraction of sp³-hybridized carbons (Fsp3) is 0.278. The highest BCUT2D eigenvalue weighted by atomic mass is 32.2. The van der Waals surface area contributed by atoms with Crippen LogP contribution in [0.25, 0.3) is 0 Å². The van der Waals surface area contributed by atoms with Crippen LogP contribution in [-0.4, -0.2) is 26.7 Å². The van der Waals surface area contributed by atoms with Gasteiger partial charge in [-0.05, 0) is 49.7 Å². The summed E-state index contributed by atoms with van der Waals surface area (Å²) in [5.41, 5.74) is 0.728. The Morgan fingerprint density at radius 3 is 2.33 bits per heavy atom. The molecule has 0 aliphatic heterocycles. The van der Waals surface area contributed by atoms with Gasteiger partial charge in [0.25, 0.3) is 5.91 Å². The van der Waals surface area contributed by atoms with Crippen molar-refractivity contribution in [3.8, 4) is 5.75 Å². The van der Waals surface area contributed by atoms with Gasteiger partial charge in [0.05, 0.1) is 22.8 Å². The number of sulfone groups is 1. The molecule has 2 aromatic rings. The van der Waals surface area contributed by atoms with Crippen molar-refractivity contribution in [2.24, 2.45) is 0 Å². The third-order valence-corrected chi connectivity index (χ3v) is 5.33. The SMILES string of the molecule is CCCS(=O)(=O)c1ccccc1C(=O)Nc1ccc(OCC)cc1. The summed E-state index contributed by atoms with van der Waals surface area (Å²) >= 11 is 0. The zero-order valence-electron chi connectivity index (χ0n) is 13.8. The van der Waals surface area contributed by atoms with Crippen LogP contribution in [0.4, 0.5) is 5.69 Å². The number of hydrogen-bond donors (Lipinski definition) is 1. The number of rotatable bonds is 7. The number of carbonyl (C=O) groups excluding carboxylic acids is 1. The molecule has 0 unspecified atom stereocenters. The lowest BCUT2D eigenvalue weighted by atomic mass is 10.2. The minimum Gasteiger partial charge on any atom is -0.494 e. The van der Waals surface area contributed by atoms with Gasteiger partial charge in [0, 0.05) is 5.69 Å². The molecule has 6 heteroatoms. The van der Waals surface area contributed by atoms with Crippen LogP contribution in [0.5, 0.6) is 5.75 Å². The minimum atomic E-state index is -3.47. The van der Waals surface area contributed by atoms with Crippen molar-refractivity contribution in [3.63, 3.8) is 0 Å². The summed E-state index contributed by atoms with van der Waals surface area (Å²) in [6.45, 7) is 4.25. The highest BCUT2D eigenvalue weighted by molar-refractivity contribution is 7.91. The molecule has 0 aromatic heterocycles. The second-order valence-corrected chi connectivity index (χ2v) is 7.30. The number of carbonyl (C=O) groups is 1. The average molecular weight is 347 g/mol. The van der Waals surface area contributed by atoms with Gasteiger partial charge in [-0.25, -0.2) is 8.42 Å². The summed E-state index contributed by atoms with van der Waals surface area (Å²) in [4.78, 5) is 12.6. The van der Waals surface area contributed by atoms with E-state index in [1.165, 1.54) is 12.1 Å². The maximum absolute atomic E-state index is 12.5. The van der Waals surface area contributed by atoms with Crippen LogP contribution in [0.3, 0.4) is 0 Å². The first kappa shape index (κ1) is 18.0. The molecule has 2 aromatic carbocycles. The first-order valence-corrected chi connectivity index (χ1v) is 9.49. The van der Waals surface area contributed by atoms with Crippen LogP contribution in [-0.2, 0) is 9.84 Å². The number of amides is 1. The van der Waals surface area contributed by atoms with E-state index in [-0.39, 0.29) is 16.2 Å². The lowest BCUT2D eigenvalue weighted by Crippen LogP contribution is -2.17. The van der Waals surface area contributed by atoms with Gasteiger partial charge in [0.1, 0.15) is 5.75 Å².